The molecule has 154 valence electrons. The topological polar surface area (TPSA) is 63.5 Å². The summed E-state index contributed by atoms with van der Waals surface area (Å²) in [6.07, 6.45) is 2.08. The molecule has 1 aliphatic rings. The highest BCUT2D eigenvalue weighted by atomic mass is 32.2. The molecule has 1 amide bonds. The highest BCUT2D eigenvalue weighted by Crippen LogP contribution is 2.21. The van der Waals surface area contributed by atoms with Crippen molar-refractivity contribution in [1.29, 1.82) is 0 Å². The molecule has 8 heteroatoms. The molecule has 0 aliphatic carbocycles. The van der Waals surface area contributed by atoms with Gasteiger partial charge < -0.3 is 14.5 Å². The van der Waals surface area contributed by atoms with E-state index in [0.29, 0.717) is 30.8 Å². The number of morpholine rings is 1. The van der Waals surface area contributed by atoms with E-state index in [0.717, 1.165) is 50.1 Å². The van der Waals surface area contributed by atoms with Crippen molar-refractivity contribution in [2.24, 2.45) is 18.9 Å². The van der Waals surface area contributed by atoms with Crippen molar-refractivity contribution < 1.29 is 9.53 Å². The Hall–Kier alpha value is -1.28. The molecule has 2 rings (SSSR count). The maximum absolute atomic E-state index is 12.8. The van der Waals surface area contributed by atoms with Gasteiger partial charge in [-0.25, -0.2) is 0 Å². The number of nitrogens with zero attached hydrogens (tertiary/aromatic N) is 5. The van der Waals surface area contributed by atoms with Crippen molar-refractivity contribution in [2.45, 2.75) is 45.7 Å². The van der Waals surface area contributed by atoms with Gasteiger partial charge in [0.1, 0.15) is 0 Å². The lowest BCUT2D eigenvalue weighted by Gasteiger charge is -2.27. The van der Waals surface area contributed by atoms with E-state index in [2.05, 4.69) is 42.8 Å². The van der Waals surface area contributed by atoms with Gasteiger partial charge in [0.05, 0.1) is 19.0 Å². The second kappa shape index (κ2) is 10.9. The number of amides is 1. The number of aromatic nitrogens is 3. The molecule has 0 bridgehead atoms. The minimum Gasteiger partial charge on any atom is -0.378 e. The van der Waals surface area contributed by atoms with E-state index in [4.69, 9.17) is 4.74 Å². The Morgan fingerprint density at radius 3 is 2.26 bits per heavy atom. The van der Waals surface area contributed by atoms with E-state index < -0.39 is 0 Å². The molecule has 0 saturated carbocycles. The summed E-state index contributed by atoms with van der Waals surface area (Å²) in [5, 5.41) is 9.40. The Bertz CT molecular complexity index is 573. The largest absolute Gasteiger partial charge is 0.378 e. The zero-order chi connectivity index (χ0) is 19.8. The molecular weight excluding hydrogens is 362 g/mol. The average Bonchev–Trinajstić information content (AvgIpc) is 3.00. The maximum Gasteiger partial charge on any atom is 0.233 e. The van der Waals surface area contributed by atoms with Crippen LogP contribution in [0, 0.1) is 11.8 Å². The third-order valence-electron chi connectivity index (χ3n) is 4.74. The van der Waals surface area contributed by atoms with Gasteiger partial charge in [-0.3, -0.25) is 9.36 Å². The van der Waals surface area contributed by atoms with Crippen LogP contribution in [-0.4, -0.2) is 70.7 Å². The molecule has 0 aromatic carbocycles. The average molecular weight is 398 g/mol. The number of carbonyl (C=O) groups is 1. The molecule has 0 atom stereocenters. The molecular formula is C19H35N5O2S. The fourth-order valence-corrected chi connectivity index (χ4v) is 3.69. The lowest BCUT2D eigenvalue weighted by molar-refractivity contribution is -0.128. The number of hydrogen-bond donors (Lipinski definition) is 0. The highest BCUT2D eigenvalue weighted by Gasteiger charge is 2.20. The summed E-state index contributed by atoms with van der Waals surface area (Å²) < 4.78 is 7.38. The molecule has 0 unspecified atom stereocenters. The quantitative estimate of drug-likeness (QED) is 0.566. The first-order valence-corrected chi connectivity index (χ1v) is 11.0. The van der Waals surface area contributed by atoms with Crippen molar-refractivity contribution in [3.05, 3.63) is 0 Å². The van der Waals surface area contributed by atoms with E-state index in [1.165, 1.54) is 11.8 Å². The van der Waals surface area contributed by atoms with Crippen LogP contribution in [0.2, 0.25) is 0 Å². The molecule has 1 fully saturated rings. The number of thioether (sulfide) groups is 1. The van der Waals surface area contributed by atoms with E-state index in [1.807, 2.05) is 16.5 Å². The van der Waals surface area contributed by atoms with Gasteiger partial charge in [0.15, 0.2) is 5.16 Å². The van der Waals surface area contributed by atoms with Crippen molar-refractivity contribution in [3.63, 3.8) is 0 Å². The van der Waals surface area contributed by atoms with Crippen LogP contribution < -0.4 is 4.90 Å². The summed E-state index contributed by atoms with van der Waals surface area (Å²) in [6.45, 7) is 13.6. The smallest absolute Gasteiger partial charge is 0.233 e. The Balaban J connectivity index is 1.92. The van der Waals surface area contributed by atoms with Crippen LogP contribution in [0.3, 0.4) is 0 Å². The number of rotatable bonds is 10. The van der Waals surface area contributed by atoms with Crippen molar-refractivity contribution in [1.82, 2.24) is 19.7 Å². The second-order valence-electron chi connectivity index (χ2n) is 7.98. The van der Waals surface area contributed by atoms with E-state index in [-0.39, 0.29) is 5.91 Å². The van der Waals surface area contributed by atoms with Crippen molar-refractivity contribution in [2.75, 3.05) is 50.0 Å². The molecule has 0 spiro atoms. The molecule has 1 aromatic heterocycles. The third kappa shape index (κ3) is 6.99. The Kier molecular flexibility index (Phi) is 8.89. The first kappa shape index (κ1) is 22.0. The van der Waals surface area contributed by atoms with E-state index >= 15 is 0 Å². The molecule has 27 heavy (non-hydrogen) atoms. The lowest BCUT2D eigenvalue weighted by Crippen LogP contribution is -2.37. The third-order valence-corrected chi connectivity index (χ3v) is 5.74. The van der Waals surface area contributed by atoms with Gasteiger partial charge in [0.25, 0.3) is 0 Å². The van der Waals surface area contributed by atoms with Gasteiger partial charge in [0, 0.05) is 33.2 Å². The zero-order valence-corrected chi connectivity index (χ0v) is 18.3. The van der Waals surface area contributed by atoms with Gasteiger partial charge in [-0.1, -0.05) is 39.5 Å². The van der Waals surface area contributed by atoms with Crippen LogP contribution in [0.4, 0.5) is 5.95 Å². The van der Waals surface area contributed by atoms with Crippen molar-refractivity contribution in [3.8, 4) is 0 Å². The normalized spacial score (nSPS) is 15.0. The Morgan fingerprint density at radius 2 is 1.70 bits per heavy atom. The standard InChI is InChI=1S/C19H35N5O2S/c1-15(2)6-8-23(9-7-16(3)4)17(25)14-27-19-21-20-18(22(19)5)24-10-12-26-13-11-24/h15-16H,6-14H2,1-5H3. The molecule has 1 aliphatic heterocycles. The van der Waals surface area contributed by atoms with Crippen LogP contribution in [0.15, 0.2) is 5.16 Å². The molecule has 1 saturated heterocycles. The number of carbonyl (C=O) groups excluding carboxylic acids is 1. The van der Waals surface area contributed by atoms with Gasteiger partial charge in [-0.2, -0.15) is 0 Å². The SMILES string of the molecule is CC(C)CCN(CCC(C)C)C(=O)CSc1nnc(N2CCOCC2)n1C. The first-order chi connectivity index (χ1) is 12.9. The molecule has 0 N–H and O–H groups in total. The minimum atomic E-state index is 0.192. The second-order valence-corrected chi connectivity index (χ2v) is 8.92. The van der Waals surface area contributed by atoms with Gasteiger partial charge in [-0.05, 0) is 24.7 Å². The zero-order valence-electron chi connectivity index (χ0n) is 17.5. The molecule has 7 nitrogen and oxygen atoms in total. The fraction of sp³-hybridized carbons (Fsp3) is 0.842. The van der Waals surface area contributed by atoms with Crippen LogP contribution >= 0.6 is 11.8 Å². The first-order valence-electron chi connectivity index (χ1n) is 10.0. The lowest BCUT2D eigenvalue weighted by atomic mass is 10.1. The van der Waals surface area contributed by atoms with Gasteiger partial charge >= 0.3 is 0 Å². The minimum absolute atomic E-state index is 0.192. The number of ether oxygens (including phenoxy) is 1. The summed E-state index contributed by atoms with van der Waals surface area (Å²) >= 11 is 1.48. The Labute approximate surface area is 167 Å². The number of anilines is 1. The highest BCUT2D eigenvalue weighted by molar-refractivity contribution is 7.99. The fourth-order valence-electron chi connectivity index (χ4n) is 2.88. The summed E-state index contributed by atoms with van der Waals surface area (Å²) in [4.78, 5) is 17.0. The predicted octanol–water partition coefficient (Wildman–Crippen LogP) is 2.66. The molecule has 0 radical (unpaired) electrons. The Morgan fingerprint density at radius 1 is 1.11 bits per heavy atom. The predicted molar refractivity (Wildman–Crippen MR) is 110 cm³/mol. The van der Waals surface area contributed by atoms with Crippen LogP contribution in [0.5, 0.6) is 0 Å². The summed E-state index contributed by atoms with van der Waals surface area (Å²) in [5.74, 6) is 2.65. The van der Waals surface area contributed by atoms with Crippen molar-refractivity contribution >= 4 is 23.6 Å². The van der Waals surface area contributed by atoms with Crippen LogP contribution in [0.1, 0.15) is 40.5 Å². The van der Waals surface area contributed by atoms with E-state index in [9.17, 15) is 4.79 Å². The van der Waals surface area contributed by atoms with Gasteiger partial charge in [0.2, 0.25) is 11.9 Å². The van der Waals surface area contributed by atoms with Gasteiger partial charge in [-0.15, -0.1) is 10.2 Å². The van der Waals surface area contributed by atoms with E-state index in [1.54, 1.807) is 0 Å². The van der Waals surface area contributed by atoms with Crippen LogP contribution in [0.25, 0.3) is 0 Å². The summed E-state index contributed by atoms with van der Waals surface area (Å²) in [6, 6.07) is 0. The molecule has 1 aromatic rings. The summed E-state index contributed by atoms with van der Waals surface area (Å²) in [7, 11) is 1.97. The summed E-state index contributed by atoms with van der Waals surface area (Å²) in [5.41, 5.74) is 0. The van der Waals surface area contributed by atoms with Crippen LogP contribution in [-0.2, 0) is 16.6 Å². The number of hydrogen-bond acceptors (Lipinski definition) is 6. The maximum atomic E-state index is 12.8. The molecule has 2 heterocycles. The monoisotopic (exact) mass is 397 g/mol.